The first-order valence-electron chi connectivity index (χ1n) is 2.56. The van der Waals surface area contributed by atoms with Gasteiger partial charge in [0.15, 0.2) is 0 Å². The Morgan fingerprint density at radius 1 is 1.70 bits per heavy atom. The second-order valence-corrected chi connectivity index (χ2v) is 2.69. The molecule has 3 nitrogen and oxygen atoms in total. The predicted molar refractivity (Wildman–Crippen MR) is 43.2 cm³/mol. The number of aliphatic imine (C=N–C) groups is 1. The van der Waals surface area contributed by atoms with E-state index in [0.29, 0.717) is 4.62 Å². The predicted octanol–water partition coefficient (Wildman–Crippen LogP) is 1.49. The largest absolute Gasteiger partial charge is 0.464 e. The Balaban J connectivity index is 4.11. The van der Waals surface area contributed by atoms with Crippen molar-refractivity contribution in [2.45, 2.75) is 6.92 Å². The zero-order valence-corrected chi connectivity index (χ0v) is 7.43. The van der Waals surface area contributed by atoms with Gasteiger partial charge in [0.05, 0.1) is 11.7 Å². The molecule has 0 rings (SSSR count). The van der Waals surface area contributed by atoms with Gasteiger partial charge in [-0.25, -0.2) is 9.79 Å². The van der Waals surface area contributed by atoms with Crippen LogP contribution in [-0.2, 0) is 9.53 Å². The van der Waals surface area contributed by atoms with Crippen LogP contribution in [0.5, 0.6) is 0 Å². The lowest BCUT2D eigenvalue weighted by molar-refractivity contribution is -0.136. The summed E-state index contributed by atoms with van der Waals surface area (Å²) in [5.74, 6) is -0.515. The Labute approximate surface area is 67.9 Å². The molecule has 4 heteroatoms. The van der Waals surface area contributed by atoms with Crippen molar-refractivity contribution in [1.29, 1.82) is 0 Å². The third-order valence-corrected chi connectivity index (χ3v) is 0.887. The number of rotatable bonds is 2. The standard InChI is InChI=1S/C6H8BrNO2/c1-4(6(9)10-3)8-5(2)7/h1H2,2-3H3/b8-5+. The fourth-order valence-corrected chi connectivity index (χ4v) is 0.563. The van der Waals surface area contributed by atoms with Crippen LogP contribution in [0.2, 0.25) is 0 Å². The minimum Gasteiger partial charge on any atom is -0.464 e. The van der Waals surface area contributed by atoms with Crippen LogP contribution in [0, 0.1) is 0 Å². The first-order valence-corrected chi connectivity index (χ1v) is 3.35. The van der Waals surface area contributed by atoms with Crippen LogP contribution < -0.4 is 0 Å². The number of ether oxygens (including phenoxy) is 1. The summed E-state index contributed by atoms with van der Waals surface area (Å²) in [7, 11) is 1.28. The smallest absolute Gasteiger partial charge is 0.356 e. The SMILES string of the molecule is C=C(/N=C(\C)Br)C(=O)OC. The van der Waals surface area contributed by atoms with Crippen molar-refractivity contribution in [2.75, 3.05) is 7.11 Å². The Morgan fingerprint density at radius 2 is 2.20 bits per heavy atom. The molecular weight excluding hydrogens is 198 g/mol. The highest BCUT2D eigenvalue weighted by Crippen LogP contribution is 1.99. The van der Waals surface area contributed by atoms with E-state index in [9.17, 15) is 4.79 Å². The maximum atomic E-state index is 10.6. The van der Waals surface area contributed by atoms with E-state index in [1.165, 1.54) is 7.11 Å². The molecule has 0 saturated heterocycles. The number of esters is 1. The highest BCUT2D eigenvalue weighted by Gasteiger charge is 2.03. The molecule has 0 fully saturated rings. The molecule has 0 aromatic rings. The average Bonchev–Trinajstić information content (AvgIpc) is 1.85. The summed E-state index contributed by atoms with van der Waals surface area (Å²) in [4.78, 5) is 14.3. The topological polar surface area (TPSA) is 38.7 Å². The molecule has 56 valence electrons. The summed E-state index contributed by atoms with van der Waals surface area (Å²) >= 11 is 3.05. The van der Waals surface area contributed by atoms with E-state index < -0.39 is 5.97 Å². The molecule has 0 amide bonds. The molecule has 0 atom stereocenters. The monoisotopic (exact) mass is 205 g/mol. The van der Waals surface area contributed by atoms with Gasteiger partial charge in [-0.15, -0.1) is 0 Å². The highest BCUT2D eigenvalue weighted by molar-refractivity contribution is 9.18. The van der Waals surface area contributed by atoms with Gasteiger partial charge in [0, 0.05) is 0 Å². The van der Waals surface area contributed by atoms with Gasteiger partial charge in [0.2, 0.25) is 0 Å². The lowest BCUT2D eigenvalue weighted by Gasteiger charge is -1.95. The Morgan fingerprint density at radius 3 is 2.50 bits per heavy atom. The molecule has 0 saturated carbocycles. The van der Waals surface area contributed by atoms with E-state index in [1.54, 1.807) is 6.92 Å². The maximum Gasteiger partial charge on any atom is 0.356 e. The summed E-state index contributed by atoms with van der Waals surface area (Å²) in [6.45, 7) is 5.08. The number of carbonyl (C=O) groups excluding carboxylic acids is 1. The molecule has 0 spiro atoms. The van der Waals surface area contributed by atoms with Gasteiger partial charge >= 0.3 is 5.97 Å². The van der Waals surface area contributed by atoms with Gasteiger partial charge < -0.3 is 4.74 Å². The van der Waals surface area contributed by atoms with Crippen molar-refractivity contribution < 1.29 is 9.53 Å². The quantitative estimate of drug-likeness (QED) is 0.390. The van der Waals surface area contributed by atoms with Gasteiger partial charge in [0.25, 0.3) is 0 Å². The van der Waals surface area contributed by atoms with Gasteiger partial charge in [-0.3, -0.25) is 0 Å². The van der Waals surface area contributed by atoms with Crippen LogP contribution in [0.4, 0.5) is 0 Å². The van der Waals surface area contributed by atoms with E-state index in [-0.39, 0.29) is 5.70 Å². The molecule has 0 aliphatic carbocycles. The second kappa shape index (κ2) is 4.22. The summed E-state index contributed by atoms with van der Waals surface area (Å²) < 4.78 is 4.95. The Bertz CT molecular complexity index is 182. The normalized spacial score (nSPS) is 10.9. The van der Waals surface area contributed by atoms with Crippen LogP contribution in [-0.4, -0.2) is 17.7 Å². The first-order chi connectivity index (χ1) is 4.57. The van der Waals surface area contributed by atoms with E-state index in [4.69, 9.17) is 0 Å². The molecule has 0 aromatic heterocycles. The average molecular weight is 206 g/mol. The van der Waals surface area contributed by atoms with Crippen LogP contribution in [0.1, 0.15) is 6.92 Å². The van der Waals surface area contributed by atoms with Crippen molar-refractivity contribution in [3.63, 3.8) is 0 Å². The molecular formula is C6H8BrNO2. The lowest BCUT2D eigenvalue weighted by Crippen LogP contribution is -2.01. The number of carbonyl (C=O) groups is 1. The van der Waals surface area contributed by atoms with Crippen LogP contribution in [0.15, 0.2) is 17.3 Å². The van der Waals surface area contributed by atoms with Crippen LogP contribution in [0.3, 0.4) is 0 Å². The van der Waals surface area contributed by atoms with Crippen LogP contribution >= 0.6 is 15.9 Å². The molecule has 0 N–H and O–H groups in total. The first kappa shape index (κ1) is 9.36. The van der Waals surface area contributed by atoms with Crippen molar-refractivity contribution >= 4 is 26.5 Å². The van der Waals surface area contributed by atoms with Crippen molar-refractivity contribution in [3.05, 3.63) is 12.3 Å². The number of hydrogen-bond acceptors (Lipinski definition) is 3. The third-order valence-electron chi connectivity index (χ3n) is 0.710. The molecule has 10 heavy (non-hydrogen) atoms. The summed E-state index contributed by atoms with van der Waals surface area (Å²) in [6, 6.07) is 0. The highest BCUT2D eigenvalue weighted by atomic mass is 79.9. The number of hydrogen-bond donors (Lipinski definition) is 0. The van der Waals surface area contributed by atoms with Crippen molar-refractivity contribution in [1.82, 2.24) is 0 Å². The van der Waals surface area contributed by atoms with E-state index >= 15 is 0 Å². The third kappa shape index (κ3) is 3.40. The van der Waals surface area contributed by atoms with E-state index in [2.05, 4.69) is 32.2 Å². The minimum absolute atomic E-state index is 0.0943. The maximum absolute atomic E-state index is 10.6. The number of halogens is 1. The minimum atomic E-state index is -0.515. The van der Waals surface area contributed by atoms with Crippen molar-refractivity contribution in [2.24, 2.45) is 4.99 Å². The molecule has 0 unspecified atom stereocenters. The van der Waals surface area contributed by atoms with E-state index in [0.717, 1.165) is 0 Å². The molecule has 0 aromatic carbocycles. The molecule has 0 aliphatic rings. The summed E-state index contributed by atoms with van der Waals surface area (Å²) in [5, 5.41) is 0. The molecule has 0 radical (unpaired) electrons. The fourth-order valence-electron chi connectivity index (χ4n) is 0.349. The molecule has 0 bridgehead atoms. The van der Waals surface area contributed by atoms with Gasteiger partial charge in [-0.05, 0) is 22.9 Å². The second-order valence-electron chi connectivity index (χ2n) is 1.55. The van der Waals surface area contributed by atoms with Gasteiger partial charge in [0.1, 0.15) is 5.70 Å². The van der Waals surface area contributed by atoms with Crippen LogP contribution in [0.25, 0.3) is 0 Å². The zero-order valence-electron chi connectivity index (χ0n) is 5.85. The fraction of sp³-hybridized carbons (Fsp3) is 0.333. The van der Waals surface area contributed by atoms with Crippen molar-refractivity contribution in [3.8, 4) is 0 Å². The Kier molecular flexibility index (Phi) is 3.95. The van der Waals surface area contributed by atoms with E-state index in [1.807, 2.05) is 0 Å². The molecule has 0 heterocycles. The zero-order chi connectivity index (χ0) is 8.15. The lowest BCUT2D eigenvalue weighted by atomic mass is 10.5. The van der Waals surface area contributed by atoms with Gasteiger partial charge in [-0.1, -0.05) is 6.58 Å². The van der Waals surface area contributed by atoms with Gasteiger partial charge in [-0.2, -0.15) is 0 Å². The summed E-state index contributed by atoms with van der Waals surface area (Å²) in [6.07, 6.45) is 0. The number of methoxy groups -OCH3 is 1. The molecule has 0 aliphatic heterocycles. The number of nitrogens with zero attached hydrogens (tertiary/aromatic N) is 1. The Hall–Kier alpha value is -0.640. The summed E-state index contributed by atoms with van der Waals surface area (Å²) in [5.41, 5.74) is 0.0943.